The van der Waals surface area contributed by atoms with Crippen LogP contribution in [0.1, 0.15) is 23.2 Å². The van der Waals surface area contributed by atoms with Crippen molar-refractivity contribution >= 4 is 23.0 Å². The van der Waals surface area contributed by atoms with Crippen LogP contribution in [0, 0.1) is 0 Å². The second-order valence-electron chi connectivity index (χ2n) is 4.21. The Morgan fingerprint density at radius 3 is 2.88 bits per heavy atom. The monoisotopic (exact) mass is 236 g/mol. The van der Waals surface area contributed by atoms with Crippen molar-refractivity contribution in [3.05, 3.63) is 22.9 Å². The van der Waals surface area contributed by atoms with Crippen LogP contribution in [0.15, 0.2) is 6.07 Å². The number of nitrogens with one attached hydrogen (secondary N) is 1. The van der Waals surface area contributed by atoms with Crippen LogP contribution in [0.25, 0.3) is 0 Å². The van der Waals surface area contributed by atoms with Crippen molar-refractivity contribution in [2.45, 2.75) is 19.3 Å². The third-order valence-electron chi connectivity index (χ3n) is 2.65. The molecule has 1 aromatic rings. The molecule has 1 aromatic heterocycles. The van der Waals surface area contributed by atoms with Crippen molar-refractivity contribution in [1.82, 2.24) is 9.99 Å². The number of hydrogen-bond acceptors (Lipinski definition) is 4. The Bertz CT molecular complexity index is 428. The summed E-state index contributed by atoms with van der Waals surface area (Å²) in [7, 11) is 3.83. The molecule has 1 aliphatic rings. The van der Waals surface area contributed by atoms with Crippen molar-refractivity contribution in [1.29, 1.82) is 0 Å². The smallest absolute Gasteiger partial charge is 0.150 e. The van der Waals surface area contributed by atoms with Crippen LogP contribution in [-0.2, 0) is 12.8 Å². The fraction of sp³-hybridized carbons (Fsp3) is 0.455. The molecule has 16 heavy (non-hydrogen) atoms. The van der Waals surface area contributed by atoms with Gasteiger partial charge in [-0.1, -0.05) is 12.2 Å². The van der Waals surface area contributed by atoms with E-state index in [1.54, 1.807) is 0 Å². The first-order valence-corrected chi connectivity index (χ1v) is 5.75. The zero-order chi connectivity index (χ0) is 11.7. The lowest BCUT2D eigenvalue weighted by Crippen LogP contribution is -2.24. The van der Waals surface area contributed by atoms with E-state index in [1.165, 1.54) is 17.7 Å². The third-order valence-corrected chi connectivity index (χ3v) is 2.87. The number of nitrogens with zero attached hydrogens (tertiary/aromatic N) is 2. The summed E-state index contributed by atoms with van der Waals surface area (Å²) in [4.78, 5) is 4.99. The molecule has 0 spiro atoms. The van der Waals surface area contributed by atoms with E-state index in [2.05, 4.69) is 16.5 Å². The fourth-order valence-electron chi connectivity index (χ4n) is 1.96. The summed E-state index contributed by atoms with van der Waals surface area (Å²) in [5, 5.41) is 1.84. The number of aryl methyl sites for hydroxylation is 2. The van der Waals surface area contributed by atoms with Crippen LogP contribution in [0.4, 0.5) is 5.82 Å². The highest BCUT2D eigenvalue weighted by atomic mass is 32.1. The number of thiocarbonyl (C=S) groups is 1. The maximum atomic E-state index is 5.72. The first-order valence-electron chi connectivity index (χ1n) is 5.34. The van der Waals surface area contributed by atoms with E-state index in [9.17, 15) is 0 Å². The highest BCUT2D eigenvalue weighted by Gasteiger charge is 2.17. The molecule has 1 heterocycles. The molecule has 0 saturated heterocycles. The highest BCUT2D eigenvalue weighted by molar-refractivity contribution is 7.80. The number of hydrazine groups is 1. The molecule has 0 amide bonds. The lowest BCUT2D eigenvalue weighted by atomic mass is 10.1. The minimum atomic E-state index is 0.395. The van der Waals surface area contributed by atoms with Crippen LogP contribution in [0.5, 0.6) is 0 Å². The molecule has 2 rings (SSSR count). The van der Waals surface area contributed by atoms with Crippen molar-refractivity contribution in [2.75, 3.05) is 19.5 Å². The van der Waals surface area contributed by atoms with Gasteiger partial charge in [-0.15, -0.1) is 0 Å². The molecule has 0 aliphatic heterocycles. The van der Waals surface area contributed by atoms with Crippen molar-refractivity contribution in [2.24, 2.45) is 5.73 Å². The van der Waals surface area contributed by atoms with Crippen LogP contribution in [-0.4, -0.2) is 29.1 Å². The zero-order valence-electron chi connectivity index (χ0n) is 9.58. The van der Waals surface area contributed by atoms with Gasteiger partial charge in [-0.25, -0.2) is 9.99 Å². The maximum absolute atomic E-state index is 5.72. The lowest BCUT2D eigenvalue weighted by molar-refractivity contribution is 0.492. The van der Waals surface area contributed by atoms with E-state index in [1.807, 2.05) is 19.1 Å². The van der Waals surface area contributed by atoms with E-state index in [4.69, 9.17) is 18.0 Å². The molecule has 0 aromatic carbocycles. The van der Waals surface area contributed by atoms with Gasteiger partial charge >= 0.3 is 0 Å². The van der Waals surface area contributed by atoms with Gasteiger partial charge in [-0.05, 0) is 30.9 Å². The average Bonchev–Trinajstić information content (AvgIpc) is 2.62. The van der Waals surface area contributed by atoms with Gasteiger partial charge in [-0.2, -0.15) is 0 Å². The molecule has 0 atom stereocenters. The van der Waals surface area contributed by atoms with E-state index in [0.717, 1.165) is 24.2 Å². The molecule has 86 valence electrons. The first kappa shape index (κ1) is 11.3. The maximum Gasteiger partial charge on any atom is 0.150 e. The Hall–Kier alpha value is -1.20. The molecule has 0 bridgehead atoms. The molecule has 4 nitrogen and oxygen atoms in total. The molecule has 0 radical (unpaired) electrons. The molecule has 0 unspecified atom stereocenters. The number of hydrogen-bond donors (Lipinski definition) is 2. The average molecular weight is 236 g/mol. The van der Waals surface area contributed by atoms with Gasteiger partial charge in [0.25, 0.3) is 0 Å². The fourth-order valence-corrected chi connectivity index (χ4v) is 2.11. The van der Waals surface area contributed by atoms with Crippen molar-refractivity contribution in [3.63, 3.8) is 0 Å². The van der Waals surface area contributed by atoms with Gasteiger partial charge in [0.1, 0.15) is 4.99 Å². The molecular weight excluding hydrogens is 220 g/mol. The highest BCUT2D eigenvalue weighted by Crippen LogP contribution is 2.25. The van der Waals surface area contributed by atoms with Gasteiger partial charge in [0, 0.05) is 19.8 Å². The number of nitrogens with two attached hydrogens (primary N) is 1. The normalized spacial score (nSPS) is 13.9. The van der Waals surface area contributed by atoms with Gasteiger partial charge in [0.05, 0.1) is 5.56 Å². The molecule has 0 fully saturated rings. The lowest BCUT2D eigenvalue weighted by Gasteiger charge is -2.17. The Labute approximate surface area is 101 Å². The quantitative estimate of drug-likeness (QED) is 0.608. The summed E-state index contributed by atoms with van der Waals surface area (Å²) in [5.74, 6) is 0.762. The first-order chi connectivity index (χ1) is 7.58. The Morgan fingerprint density at radius 1 is 1.50 bits per heavy atom. The standard InChI is InChI=1S/C11H16N4S/c1-15(2)14-11-8(10(12)16)6-7-4-3-5-9(7)13-11/h6H,3-5H2,1-2H3,(H2,12,16)(H,13,14). The van der Waals surface area contributed by atoms with Gasteiger partial charge in [0.2, 0.25) is 0 Å². The molecule has 5 heteroatoms. The van der Waals surface area contributed by atoms with E-state index in [-0.39, 0.29) is 0 Å². The molecule has 0 saturated carbocycles. The second-order valence-corrected chi connectivity index (χ2v) is 4.65. The summed E-state index contributed by atoms with van der Waals surface area (Å²) >= 11 is 5.05. The van der Waals surface area contributed by atoms with E-state index in [0.29, 0.717) is 4.99 Å². The van der Waals surface area contributed by atoms with Gasteiger partial charge in [0.15, 0.2) is 5.82 Å². The number of anilines is 1. The van der Waals surface area contributed by atoms with Crippen LogP contribution < -0.4 is 11.2 Å². The van der Waals surface area contributed by atoms with E-state index < -0.39 is 0 Å². The van der Waals surface area contributed by atoms with E-state index >= 15 is 0 Å². The molecule has 3 N–H and O–H groups in total. The Kier molecular flexibility index (Phi) is 3.07. The number of pyridine rings is 1. The van der Waals surface area contributed by atoms with Gasteiger partial charge in [-0.3, -0.25) is 0 Å². The summed E-state index contributed by atoms with van der Waals surface area (Å²) in [5.41, 5.74) is 12.1. The summed E-state index contributed by atoms with van der Waals surface area (Å²) in [6.07, 6.45) is 3.31. The SMILES string of the molecule is CN(C)Nc1nc2c(cc1C(N)=S)CCC2. The predicted molar refractivity (Wildman–Crippen MR) is 69.5 cm³/mol. The second kappa shape index (κ2) is 4.35. The van der Waals surface area contributed by atoms with Crippen LogP contribution >= 0.6 is 12.2 Å². The minimum absolute atomic E-state index is 0.395. The number of aromatic nitrogens is 1. The largest absolute Gasteiger partial charge is 0.389 e. The summed E-state index contributed by atoms with van der Waals surface area (Å²) in [6, 6.07) is 2.07. The molecule has 1 aliphatic carbocycles. The van der Waals surface area contributed by atoms with Crippen molar-refractivity contribution < 1.29 is 0 Å². The number of rotatable bonds is 3. The summed E-state index contributed by atoms with van der Waals surface area (Å²) in [6.45, 7) is 0. The zero-order valence-corrected chi connectivity index (χ0v) is 10.4. The third kappa shape index (κ3) is 2.15. The minimum Gasteiger partial charge on any atom is -0.389 e. The predicted octanol–water partition coefficient (Wildman–Crippen LogP) is 1.09. The van der Waals surface area contributed by atoms with Crippen LogP contribution in [0.3, 0.4) is 0 Å². The number of fused-ring (bicyclic) bond motifs is 1. The Morgan fingerprint density at radius 2 is 2.25 bits per heavy atom. The van der Waals surface area contributed by atoms with Crippen molar-refractivity contribution in [3.8, 4) is 0 Å². The molecular formula is C11H16N4S. The topological polar surface area (TPSA) is 54.2 Å². The van der Waals surface area contributed by atoms with Gasteiger partial charge < -0.3 is 11.2 Å². The summed E-state index contributed by atoms with van der Waals surface area (Å²) < 4.78 is 0. The van der Waals surface area contributed by atoms with Crippen LogP contribution in [0.2, 0.25) is 0 Å². The Balaban J connectivity index is 2.44.